The molecule has 3 nitrogen and oxygen atoms in total. The van der Waals surface area contributed by atoms with Crippen LogP contribution in [-0.4, -0.2) is 19.3 Å². The van der Waals surface area contributed by atoms with E-state index in [9.17, 15) is 5.11 Å². The van der Waals surface area contributed by atoms with E-state index in [1.54, 1.807) is 14.2 Å². The Kier molecular flexibility index (Phi) is 4.86. The van der Waals surface area contributed by atoms with Crippen molar-refractivity contribution in [3.63, 3.8) is 0 Å². The smallest absolute Gasteiger partial charge is 0.160 e. The highest BCUT2D eigenvalue weighted by molar-refractivity contribution is 5.43. The number of ether oxygens (including phenoxy) is 2. The van der Waals surface area contributed by atoms with Crippen LogP contribution in [0.4, 0.5) is 0 Å². The Hall–Kier alpha value is -2.00. The molecule has 0 radical (unpaired) electrons. The SMILES string of the molecule is COc1ccc(CC(O)c2ccc(C)c(C)c2)cc1OC. The van der Waals surface area contributed by atoms with E-state index in [0.29, 0.717) is 17.9 Å². The second kappa shape index (κ2) is 6.64. The van der Waals surface area contributed by atoms with Gasteiger partial charge in [-0.2, -0.15) is 0 Å². The molecule has 1 atom stereocenters. The molecule has 0 saturated heterocycles. The average Bonchev–Trinajstić information content (AvgIpc) is 2.49. The van der Waals surface area contributed by atoms with Crippen LogP contribution >= 0.6 is 0 Å². The van der Waals surface area contributed by atoms with Gasteiger partial charge in [-0.05, 0) is 48.2 Å². The highest BCUT2D eigenvalue weighted by atomic mass is 16.5. The van der Waals surface area contributed by atoms with Gasteiger partial charge in [0.15, 0.2) is 11.5 Å². The Bertz CT molecular complexity index is 620. The van der Waals surface area contributed by atoms with E-state index < -0.39 is 6.10 Å². The number of hydrogen-bond acceptors (Lipinski definition) is 3. The molecule has 1 N–H and O–H groups in total. The Morgan fingerprint density at radius 2 is 1.62 bits per heavy atom. The summed E-state index contributed by atoms with van der Waals surface area (Å²) in [5.41, 5.74) is 4.38. The molecule has 2 aromatic rings. The number of hydrogen-bond donors (Lipinski definition) is 1. The minimum absolute atomic E-state index is 0.526. The van der Waals surface area contributed by atoms with Crippen molar-refractivity contribution in [2.24, 2.45) is 0 Å². The Balaban J connectivity index is 2.18. The van der Waals surface area contributed by atoms with Crippen molar-refractivity contribution in [2.75, 3.05) is 14.2 Å². The van der Waals surface area contributed by atoms with Gasteiger partial charge in [-0.1, -0.05) is 24.3 Å². The largest absolute Gasteiger partial charge is 0.493 e. The predicted octanol–water partition coefficient (Wildman–Crippen LogP) is 3.60. The molecule has 21 heavy (non-hydrogen) atoms. The summed E-state index contributed by atoms with van der Waals surface area (Å²) in [6, 6.07) is 11.8. The molecule has 0 amide bonds. The van der Waals surface area contributed by atoms with Gasteiger partial charge < -0.3 is 14.6 Å². The first kappa shape index (κ1) is 15.4. The van der Waals surface area contributed by atoms with Gasteiger partial charge in [0.2, 0.25) is 0 Å². The third-order valence-corrected chi connectivity index (χ3v) is 3.79. The minimum Gasteiger partial charge on any atom is -0.493 e. The number of benzene rings is 2. The fourth-order valence-corrected chi connectivity index (χ4v) is 2.32. The van der Waals surface area contributed by atoms with Gasteiger partial charge in [0, 0.05) is 6.42 Å². The van der Waals surface area contributed by atoms with Crippen molar-refractivity contribution in [3.05, 3.63) is 58.7 Å². The molecule has 2 rings (SSSR count). The molecule has 2 aromatic carbocycles. The lowest BCUT2D eigenvalue weighted by molar-refractivity contribution is 0.178. The zero-order chi connectivity index (χ0) is 15.4. The fourth-order valence-electron chi connectivity index (χ4n) is 2.32. The summed E-state index contributed by atoms with van der Waals surface area (Å²) in [7, 11) is 3.23. The molecular weight excluding hydrogens is 264 g/mol. The van der Waals surface area contributed by atoms with E-state index in [0.717, 1.165) is 11.1 Å². The van der Waals surface area contributed by atoms with E-state index >= 15 is 0 Å². The van der Waals surface area contributed by atoms with Gasteiger partial charge in [-0.15, -0.1) is 0 Å². The van der Waals surface area contributed by atoms with Gasteiger partial charge in [-0.3, -0.25) is 0 Å². The van der Waals surface area contributed by atoms with Gasteiger partial charge in [-0.25, -0.2) is 0 Å². The van der Waals surface area contributed by atoms with Crippen molar-refractivity contribution in [1.29, 1.82) is 0 Å². The first-order valence-electron chi connectivity index (χ1n) is 7.01. The van der Waals surface area contributed by atoms with Crippen molar-refractivity contribution in [2.45, 2.75) is 26.4 Å². The summed E-state index contributed by atoms with van der Waals surface area (Å²) in [5, 5.41) is 10.4. The molecule has 0 heterocycles. The van der Waals surface area contributed by atoms with Crippen LogP contribution in [0.25, 0.3) is 0 Å². The van der Waals surface area contributed by atoms with Crippen LogP contribution in [-0.2, 0) is 6.42 Å². The first-order valence-corrected chi connectivity index (χ1v) is 7.01. The summed E-state index contributed by atoms with van der Waals surface area (Å²) < 4.78 is 10.5. The van der Waals surface area contributed by atoms with Crippen LogP contribution in [0.3, 0.4) is 0 Å². The monoisotopic (exact) mass is 286 g/mol. The van der Waals surface area contributed by atoms with E-state index in [-0.39, 0.29) is 0 Å². The summed E-state index contributed by atoms with van der Waals surface area (Å²) >= 11 is 0. The lowest BCUT2D eigenvalue weighted by atomic mass is 9.98. The van der Waals surface area contributed by atoms with E-state index in [2.05, 4.69) is 13.8 Å². The van der Waals surface area contributed by atoms with Gasteiger partial charge in [0.05, 0.1) is 20.3 Å². The molecular formula is C18H22O3. The van der Waals surface area contributed by atoms with Crippen molar-refractivity contribution in [3.8, 4) is 11.5 Å². The standard InChI is InChI=1S/C18H22O3/c1-12-5-7-15(9-13(12)2)16(19)10-14-6-8-17(20-3)18(11-14)21-4/h5-9,11,16,19H,10H2,1-4H3. The average molecular weight is 286 g/mol. The zero-order valence-corrected chi connectivity index (χ0v) is 13.0. The molecule has 0 fully saturated rings. The second-order valence-electron chi connectivity index (χ2n) is 5.25. The third kappa shape index (κ3) is 3.56. The molecule has 0 aliphatic heterocycles. The second-order valence-corrected chi connectivity index (χ2v) is 5.25. The van der Waals surface area contributed by atoms with Crippen LogP contribution in [0, 0.1) is 13.8 Å². The number of aliphatic hydroxyl groups excluding tert-OH is 1. The van der Waals surface area contributed by atoms with Crippen LogP contribution in [0.1, 0.15) is 28.4 Å². The molecule has 0 spiro atoms. The summed E-state index contributed by atoms with van der Waals surface area (Å²) in [6.07, 6.45) is 0.0189. The zero-order valence-electron chi connectivity index (χ0n) is 13.0. The Labute approximate surface area is 126 Å². The topological polar surface area (TPSA) is 38.7 Å². The molecule has 0 aliphatic carbocycles. The Morgan fingerprint density at radius 3 is 2.24 bits per heavy atom. The quantitative estimate of drug-likeness (QED) is 0.912. The van der Waals surface area contributed by atoms with Crippen molar-refractivity contribution in [1.82, 2.24) is 0 Å². The fraction of sp³-hybridized carbons (Fsp3) is 0.333. The molecule has 1 unspecified atom stereocenters. The predicted molar refractivity (Wildman–Crippen MR) is 84.1 cm³/mol. The van der Waals surface area contributed by atoms with Crippen LogP contribution in [0.2, 0.25) is 0 Å². The first-order chi connectivity index (χ1) is 10.0. The molecule has 0 saturated carbocycles. The summed E-state index contributed by atoms with van der Waals surface area (Å²) in [5.74, 6) is 1.38. The van der Waals surface area contributed by atoms with E-state index in [4.69, 9.17) is 9.47 Å². The van der Waals surface area contributed by atoms with E-state index in [1.807, 2.05) is 36.4 Å². The molecule has 3 heteroatoms. The Morgan fingerprint density at radius 1 is 0.905 bits per heavy atom. The number of methoxy groups -OCH3 is 2. The van der Waals surface area contributed by atoms with Crippen molar-refractivity contribution < 1.29 is 14.6 Å². The molecule has 0 aromatic heterocycles. The maximum Gasteiger partial charge on any atom is 0.160 e. The van der Waals surface area contributed by atoms with Crippen molar-refractivity contribution >= 4 is 0 Å². The van der Waals surface area contributed by atoms with Gasteiger partial charge in [0.25, 0.3) is 0 Å². The number of aryl methyl sites for hydroxylation is 2. The van der Waals surface area contributed by atoms with Crippen LogP contribution < -0.4 is 9.47 Å². The number of aliphatic hydroxyl groups is 1. The normalized spacial score (nSPS) is 12.0. The number of rotatable bonds is 5. The summed E-state index contributed by atoms with van der Waals surface area (Å²) in [4.78, 5) is 0. The van der Waals surface area contributed by atoms with E-state index in [1.165, 1.54) is 11.1 Å². The maximum atomic E-state index is 10.4. The summed E-state index contributed by atoms with van der Waals surface area (Å²) in [6.45, 7) is 4.13. The molecule has 0 bridgehead atoms. The maximum absolute atomic E-state index is 10.4. The minimum atomic E-state index is -0.526. The lowest BCUT2D eigenvalue weighted by Crippen LogP contribution is -2.03. The molecule has 0 aliphatic rings. The highest BCUT2D eigenvalue weighted by Crippen LogP contribution is 2.29. The van der Waals surface area contributed by atoms with Gasteiger partial charge in [0.1, 0.15) is 0 Å². The highest BCUT2D eigenvalue weighted by Gasteiger charge is 2.12. The van der Waals surface area contributed by atoms with Gasteiger partial charge >= 0.3 is 0 Å². The molecule has 112 valence electrons. The van der Waals surface area contributed by atoms with Crippen LogP contribution in [0.5, 0.6) is 11.5 Å². The third-order valence-electron chi connectivity index (χ3n) is 3.79. The van der Waals surface area contributed by atoms with Crippen LogP contribution in [0.15, 0.2) is 36.4 Å². The lowest BCUT2D eigenvalue weighted by Gasteiger charge is -2.14.